The molecule has 0 radical (unpaired) electrons. The van der Waals surface area contributed by atoms with Crippen molar-refractivity contribution in [1.82, 2.24) is 0 Å². The minimum absolute atomic E-state index is 0.219. The lowest BCUT2D eigenvalue weighted by Gasteiger charge is -2.30. The highest BCUT2D eigenvalue weighted by Gasteiger charge is 2.43. The van der Waals surface area contributed by atoms with Gasteiger partial charge in [0.1, 0.15) is 42.7 Å². The molecule has 1 aromatic carbocycles. The molecule has 0 fully saturated rings. The van der Waals surface area contributed by atoms with Gasteiger partial charge in [0.25, 0.3) is 0 Å². The van der Waals surface area contributed by atoms with Gasteiger partial charge in [-0.15, -0.1) is 0 Å². The molecule has 0 aliphatic heterocycles. The number of ether oxygens (including phenoxy) is 6. The molecule has 0 aliphatic carbocycles. The lowest BCUT2D eigenvalue weighted by molar-refractivity contribution is -0.179. The molecular formula is C48H82O14. The topological polar surface area (TPSA) is 205 Å². The summed E-state index contributed by atoms with van der Waals surface area (Å²) in [6.07, 6.45) is 24.1. The van der Waals surface area contributed by atoms with Crippen LogP contribution in [0.2, 0.25) is 0 Å². The summed E-state index contributed by atoms with van der Waals surface area (Å²) in [5.74, 6) is -2.69. The van der Waals surface area contributed by atoms with Crippen LogP contribution in [0.3, 0.4) is 0 Å². The van der Waals surface area contributed by atoms with Crippen molar-refractivity contribution in [3.63, 3.8) is 0 Å². The Hall–Kier alpha value is -3.46. The van der Waals surface area contributed by atoms with Crippen LogP contribution >= 0.6 is 0 Å². The van der Waals surface area contributed by atoms with Gasteiger partial charge < -0.3 is 48.8 Å². The third-order valence-corrected chi connectivity index (χ3v) is 11.2. The minimum Gasteiger partial charge on any atom is -0.490 e. The Morgan fingerprint density at radius 1 is 0.435 bits per heavy atom. The van der Waals surface area contributed by atoms with Gasteiger partial charge >= 0.3 is 23.9 Å². The molecule has 0 aliphatic rings. The predicted molar refractivity (Wildman–Crippen MR) is 237 cm³/mol. The van der Waals surface area contributed by atoms with Crippen molar-refractivity contribution in [2.45, 2.75) is 163 Å². The number of unbranched alkanes of at least 4 members (excludes halogenated alkanes) is 18. The number of carbonyl (C=O) groups excluding carboxylic acids is 4. The van der Waals surface area contributed by atoms with Gasteiger partial charge in [-0.2, -0.15) is 0 Å². The molecule has 0 saturated heterocycles. The van der Waals surface area contributed by atoms with Crippen LogP contribution in [0.5, 0.6) is 11.5 Å². The predicted octanol–water partition coefficient (Wildman–Crippen LogP) is 8.06. The number of carbonyl (C=O) groups is 4. The van der Waals surface area contributed by atoms with Crippen LogP contribution in [-0.4, -0.2) is 110 Å². The van der Waals surface area contributed by atoms with Gasteiger partial charge in [0.05, 0.1) is 45.2 Å². The molecule has 14 heteroatoms. The molecular weight excluding hydrogens is 801 g/mol. The van der Waals surface area contributed by atoms with E-state index in [4.69, 9.17) is 28.4 Å². The molecule has 0 spiro atoms. The molecule has 358 valence electrons. The average Bonchev–Trinajstić information content (AvgIpc) is 3.29. The van der Waals surface area contributed by atoms with E-state index in [1.54, 1.807) is 18.2 Å². The van der Waals surface area contributed by atoms with Crippen molar-refractivity contribution < 1.29 is 68.0 Å². The summed E-state index contributed by atoms with van der Waals surface area (Å²) in [5.41, 5.74) is -4.93. The zero-order chi connectivity index (χ0) is 46.1. The lowest BCUT2D eigenvalue weighted by Crippen LogP contribution is -2.45. The fraction of sp³-hybridized carbons (Fsp3) is 0.792. The highest BCUT2D eigenvalue weighted by molar-refractivity contribution is 5.90. The molecule has 1 aromatic rings. The van der Waals surface area contributed by atoms with Crippen LogP contribution in [0.4, 0.5) is 0 Å². The van der Waals surface area contributed by atoms with Crippen LogP contribution < -0.4 is 9.47 Å². The van der Waals surface area contributed by atoms with E-state index in [2.05, 4.69) is 13.8 Å². The zero-order valence-corrected chi connectivity index (χ0v) is 38.8. The second kappa shape index (κ2) is 33.1. The van der Waals surface area contributed by atoms with E-state index in [1.165, 1.54) is 117 Å². The molecule has 0 bridgehead atoms. The van der Waals surface area contributed by atoms with E-state index in [0.29, 0.717) is 24.7 Å². The van der Waals surface area contributed by atoms with E-state index >= 15 is 0 Å². The molecule has 0 heterocycles. The van der Waals surface area contributed by atoms with Crippen LogP contribution in [-0.2, 0) is 33.3 Å². The van der Waals surface area contributed by atoms with Gasteiger partial charge in [-0.1, -0.05) is 129 Å². The Labute approximate surface area is 371 Å². The number of hydrogen-bond acceptors (Lipinski definition) is 14. The lowest BCUT2D eigenvalue weighted by atomic mass is 9.90. The van der Waals surface area contributed by atoms with E-state index in [-0.39, 0.29) is 12.2 Å². The number of benzene rings is 1. The number of aliphatic hydroxyl groups excluding tert-OH is 4. The number of aliphatic hydroxyl groups is 4. The fourth-order valence-electron chi connectivity index (χ4n) is 6.25. The van der Waals surface area contributed by atoms with Crippen LogP contribution in [0.25, 0.3) is 0 Å². The monoisotopic (exact) mass is 883 g/mol. The molecule has 62 heavy (non-hydrogen) atoms. The van der Waals surface area contributed by atoms with Crippen molar-refractivity contribution in [2.75, 3.05) is 66.1 Å². The van der Waals surface area contributed by atoms with E-state index in [9.17, 15) is 39.6 Å². The van der Waals surface area contributed by atoms with Crippen molar-refractivity contribution in [2.24, 2.45) is 16.2 Å². The van der Waals surface area contributed by atoms with Crippen molar-refractivity contribution >= 4 is 23.9 Å². The maximum atomic E-state index is 13.4. The molecule has 0 atom stereocenters. The molecule has 0 amide bonds. The third kappa shape index (κ3) is 22.2. The van der Waals surface area contributed by atoms with Crippen LogP contribution in [0.1, 0.15) is 173 Å². The molecule has 4 N–H and O–H groups in total. The Kier molecular flexibility index (Phi) is 30.2. The van der Waals surface area contributed by atoms with Gasteiger partial charge in [-0.3, -0.25) is 14.4 Å². The highest BCUT2D eigenvalue weighted by Crippen LogP contribution is 2.30. The summed E-state index contributed by atoms with van der Waals surface area (Å²) >= 11 is 0. The Balaban J connectivity index is 2.87. The summed E-state index contributed by atoms with van der Waals surface area (Å²) in [6.45, 7) is 4.22. The van der Waals surface area contributed by atoms with Gasteiger partial charge in [-0.25, -0.2) is 4.79 Å². The minimum atomic E-state index is -1.81. The maximum Gasteiger partial charge on any atom is 0.338 e. The summed E-state index contributed by atoms with van der Waals surface area (Å²) in [7, 11) is 0. The molecule has 1 rings (SSSR count). The van der Waals surface area contributed by atoms with E-state index in [1.807, 2.05) is 0 Å². The smallest absolute Gasteiger partial charge is 0.338 e. The van der Waals surface area contributed by atoms with Gasteiger partial charge in [0.15, 0.2) is 11.5 Å². The third-order valence-electron chi connectivity index (χ3n) is 11.2. The fourth-order valence-corrected chi connectivity index (χ4v) is 6.25. The molecule has 0 unspecified atom stereocenters. The SMILES string of the molecule is CCCCCCCCCCCCOc1ccc(C(=O)OCCOC(=O)C(C)(COC(=O)C(C)(CO)CO)COC(=O)C(C)(CO)CO)cc1OCCCCCCCCCCCC. The Bertz CT molecular complexity index is 1340. The van der Waals surface area contributed by atoms with Gasteiger partial charge in [0, 0.05) is 0 Å². The van der Waals surface area contributed by atoms with Crippen molar-refractivity contribution in [3.05, 3.63) is 23.8 Å². The van der Waals surface area contributed by atoms with Crippen LogP contribution in [0.15, 0.2) is 18.2 Å². The van der Waals surface area contributed by atoms with Crippen molar-refractivity contribution in [1.29, 1.82) is 0 Å². The maximum absolute atomic E-state index is 13.4. The first-order chi connectivity index (χ1) is 29.8. The van der Waals surface area contributed by atoms with Crippen molar-refractivity contribution in [3.8, 4) is 11.5 Å². The second-order valence-corrected chi connectivity index (χ2v) is 17.5. The zero-order valence-electron chi connectivity index (χ0n) is 38.8. The molecule has 0 saturated carbocycles. The first-order valence-electron chi connectivity index (χ1n) is 23.3. The summed E-state index contributed by atoms with van der Waals surface area (Å²) in [4.78, 5) is 51.8. The Morgan fingerprint density at radius 2 is 0.790 bits per heavy atom. The largest absolute Gasteiger partial charge is 0.490 e. The molecule has 0 aromatic heterocycles. The van der Waals surface area contributed by atoms with E-state index < -0.39 is 86.4 Å². The number of rotatable bonds is 39. The first kappa shape index (κ1) is 56.6. The standard InChI is InChI=1S/C48H82O14/c1-6-8-10-12-14-16-18-20-22-24-28-57-40-27-26-39(32-41(40)58-29-25-23-21-19-17-15-13-11-9-7-2)42(53)59-30-31-60-45(56)48(5,37-61-43(54)46(3,33-49)34-50)38-62-44(55)47(4,35-51)36-52/h26-27,32,49-52H,6-25,28-31,33-38H2,1-5H3. The average molecular weight is 883 g/mol. The van der Waals surface area contributed by atoms with E-state index in [0.717, 1.165) is 32.1 Å². The Morgan fingerprint density at radius 3 is 1.19 bits per heavy atom. The second-order valence-electron chi connectivity index (χ2n) is 17.5. The van der Waals surface area contributed by atoms with Gasteiger partial charge in [0.2, 0.25) is 0 Å². The van der Waals surface area contributed by atoms with Crippen LogP contribution in [0, 0.1) is 16.2 Å². The summed E-state index contributed by atoms with van der Waals surface area (Å²) in [6, 6.07) is 4.89. The van der Waals surface area contributed by atoms with Gasteiger partial charge in [-0.05, 0) is 51.8 Å². The number of esters is 4. The molecule has 14 nitrogen and oxygen atoms in total. The summed E-state index contributed by atoms with van der Waals surface area (Å²) < 4.78 is 33.6. The number of hydrogen-bond donors (Lipinski definition) is 4. The summed E-state index contributed by atoms with van der Waals surface area (Å²) in [5, 5.41) is 38.4. The first-order valence-corrected chi connectivity index (χ1v) is 23.3. The normalized spacial score (nSPS) is 11.9. The quantitative estimate of drug-likeness (QED) is 0.0281. The highest BCUT2D eigenvalue weighted by atomic mass is 16.6.